The molecule has 0 rings (SSSR count). The predicted molar refractivity (Wildman–Crippen MR) is 259 cm³/mol. The van der Waals surface area contributed by atoms with Crippen LogP contribution in [0.15, 0.2) is 15.0 Å². The van der Waals surface area contributed by atoms with Crippen LogP contribution < -0.4 is 74.7 Å². The van der Waals surface area contributed by atoms with Gasteiger partial charge in [0.05, 0.1) is 12.1 Å². The maximum absolute atomic E-state index is 7.49. The fraction of sp³-hybridized carbons (Fsp3) is 0.838. The van der Waals surface area contributed by atoms with Crippen molar-refractivity contribution in [3.63, 3.8) is 0 Å². The average molecular weight is 923 g/mol. The normalized spacial score (nSPS) is 11.2. The first-order valence-corrected chi connectivity index (χ1v) is 18.6. The monoisotopic (exact) mass is 921 g/mol. The van der Waals surface area contributed by atoms with Gasteiger partial charge in [-0.05, 0) is 143 Å². The standard InChI is InChI=1S/C14H32N6.C8H19N3.C7H17N.C5H14N2.C2HN3.CHN.4ClH.Na.H/c1-11(2)7-8-12(3)18-14(16)19-13(15)17-9-6-10-20(4)5;1-6(2)4-5-7(3)11-8(9)10;1-6(2)4-5-7(3)8;1-7(2)5-3-4-6;1-4-5-2-3;1-2;;;;;;/h11-12H,6-10H2,1-5H3,(H5,15,16,17,18,19);6-7H,4-5H2,1-3H3,(H4,9,10,11);6-7H,4-5,8H2,1-3H3;3-6H2,1-2H3;5H;1H;4*1H;;/q;;;;;;;;;;+1;-1. The second-order valence-electron chi connectivity index (χ2n) is 14.5. The van der Waals surface area contributed by atoms with Crippen LogP contribution in [0, 0.1) is 47.6 Å². The molecule has 0 radical (unpaired) electrons. The predicted octanol–water partition coefficient (Wildman–Crippen LogP) is 2.57. The van der Waals surface area contributed by atoms with Crippen LogP contribution in [-0.2, 0) is 0 Å². The summed E-state index contributed by atoms with van der Waals surface area (Å²) in [5.41, 5.74) is 34.5. The van der Waals surface area contributed by atoms with Gasteiger partial charge in [-0.25, -0.2) is 5.26 Å². The van der Waals surface area contributed by atoms with Crippen LogP contribution in [0.2, 0.25) is 0 Å². The fourth-order valence-corrected chi connectivity index (χ4v) is 3.59. The van der Waals surface area contributed by atoms with E-state index in [1.54, 1.807) is 5.43 Å². The van der Waals surface area contributed by atoms with Gasteiger partial charge < -0.3 is 45.6 Å². The van der Waals surface area contributed by atoms with Gasteiger partial charge in [0.15, 0.2) is 17.9 Å². The smallest absolute Gasteiger partial charge is 1.00 e. The molecule has 0 saturated heterocycles. The van der Waals surface area contributed by atoms with E-state index >= 15 is 0 Å². The topological polar surface area (TPSA) is 276 Å². The minimum atomic E-state index is 0. The molecular weight excluding hydrogens is 833 g/mol. The molecule has 0 fully saturated rings. The first-order valence-electron chi connectivity index (χ1n) is 18.6. The van der Waals surface area contributed by atoms with Crippen molar-refractivity contribution in [1.82, 2.24) is 20.5 Å². The number of nitrogens with zero attached hydrogens (tertiary/aromatic N) is 8. The van der Waals surface area contributed by atoms with E-state index in [2.05, 4.69) is 111 Å². The third-order valence-corrected chi connectivity index (χ3v) is 6.47. The van der Waals surface area contributed by atoms with E-state index in [4.69, 9.17) is 51.5 Å². The molecule has 346 valence electrons. The van der Waals surface area contributed by atoms with Crippen molar-refractivity contribution in [2.45, 2.75) is 132 Å². The van der Waals surface area contributed by atoms with Gasteiger partial charge in [0.25, 0.3) is 0 Å². The summed E-state index contributed by atoms with van der Waals surface area (Å²) in [5, 5.41) is 16.8. The van der Waals surface area contributed by atoms with Gasteiger partial charge in [-0.15, -0.1) is 54.6 Å². The molecule has 0 aromatic rings. The summed E-state index contributed by atoms with van der Waals surface area (Å²) >= 11 is 0. The third kappa shape index (κ3) is 105. The van der Waals surface area contributed by atoms with Crippen molar-refractivity contribution < 1.29 is 31.0 Å². The molecule has 3 unspecified atom stereocenters. The van der Waals surface area contributed by atoms with Gasteiger partial charge in [0, 0.05) is 19.2 Å². The molecule has 0 spiro atoms. The Kier molecular flexibility index (Phi) is 93.2. The van der Waals surface area contributed by atoms with Gasteiger partial charge in [-0.1, -0.05) is 41.5 Å². The Morgan fingerprint density at radius 2 is 1.09 bits per heavy atom. The Morgan fingerprint density at radius 3 is 1.34 bits per heavy atom. The molecule has 14 N–H and O–H groups in total. The van der Waals surface area contributed by atoms with E-state index in [1.807, 2.05) is 21.0 Å². The van der Waals surface area contributed by atoms with Crippen molar-refractivity contribution in [2.75, 3.05) is 54.4 Å². The molecule has 16 nitrogen and oxygen atoms in total. The molecule has 0 aromatic carbocycles. The Morgan fingerprint density at radius 1 is 0.707 bits per heavy atom. The number of halogens is 4. The Bertz CT molecular complexity index is 970. The molecule has 0 amide bonds. The largest absolute Gasteiger partial charge is 1.00 e. The number of hydrogen-bond donors (Lipinski definition) is 8. The molecule has 21 heteroatoms. The van der Waals surface area contributed by atoms with Crippen molar-refractivity contribution in [2.24, 2.45) is 67.1 Å². The van der Waals surface area contributed by atoms with E-state index in [0.29, 0.717) is 30.4 Å². The number of aliphatic imine (C=N–C) groups is 3. The molecule has 0 aliphatic carbocycles. The summed E-state index contributed by atoms with van der Waals surface area (Å²) in [6.07, 6.45) is 10.3. The zero-order valence-electron chi connectivity index (χ0n) is 39.7. The van der Waals surface area contributed by atoms with Crippen LogP contribution in [0.5, 0.6) is 0 Å². The van der Waals surface area contributed by atoms with Crippen molar-refractivity contribution in [1.29, 1.82) is 10.5 Å². The number of rotatable bonds is 18. The maximum Gasteiger partial charge on any atom is 1.00 e. The molecule has 3 atom stereocenters. The maximum atomic E-state index is 7.49. The van der Waals surface area contributed by atoms with E-state index in [-0.39, 0.29) is 98.7 Å². The van der Waals surface area contributed by atoms with Crippen molar-refractivity contribution in [3.8, 4) is 12.8 Å². The van der Waals surface area contributed by atoms with E-state index in [9.17, 15) is 0 Å². The zero-order chi connectivity index (χ0) is 42.8. The number of guanidine groups is 3. The molecule has 0 aliphatic heterocycles. The molecular formula is C37H89Cl4N16Na. The molecule has 58 heavy (non-hydrogen) atoms. The van der Waals surface area contributed by atoms with E-state index in [0.717, 1.165) is 70.0 Å². The SMILES string of the molecule is C#N.CC(C)CCC(C)N.CC(C)CCC(C)N=C(N)N.CC(C)CCC(C)N=C(N)NC(N)=NCCCN(C)C.CN(C)CCCN.Cl.Cl.Cl.Cl.[C-]#[N+]NC#N.[H-].[Na+]. The van der Waals surface area contributed by atoms with Crippen molar-refractivity contribution >= 4 is 67.5 Å². The minimum absolute atomic E-state index is 0. The Labute approximate surface area is 404 Å². The quantitative estimate of drug-likeness (QED) is 0.0144. The van der Waals surface area contributed by atoms with Gasteiger partial charge in [-0.2, -0.15) is 11.8 Å². The summed E-state index contributed by atoms with van der Waals surface area (Å²) in [6.45, 7) is 32.4. The van der Waals surface area contributed by atoms with E-state index < -0.39 is 0 Å². The van der Waals surface area contributed by atoms with Crippen LogP contribution in [-0.4, -0.2) is 100 Å². The fourth-order valence-electron chi connectivity index (χ4n) is 3.59. The molecule has 0 aromatic heterocycles. The molecule has 0 aliphatic rings. The zero-order valence-corrected chi connectivity index (χ0v) is 44.0. The number of nitrogens with two attached hydrogens (primary N) is 6. The second kappa shape index (κ2) is 64.4. The summed E-state index contributed by atoms with van der Waals surface area (Å²) in [7, 11) is 8.17. The average Bonchev–Trinajstić information content (AvgIpc) is 3.05. The van der Waals surface area contributed by atoms with Crippen LogP contribution >= 0.6 is 49.6 Å². The summed E-state index contributed by atoms with van der Waals surface area (Å²) in [6, 6.07) is 0.853. The first kappa shape index (κ1) is 83.9. The molecule has 0 bridgehead atoms. The number of nitrogens with one attached hydrogen (secondary N) is 2. The second-order valence-corrected chi connectivity index (χ2v) is 14.5. The van der Waals surface area contributed by atoms with Crippen LogP contribution in [0.4, 0.5) is 0 Å². The molecule has 0 heterocycles. The minimum Gasteiger partial charge on any atom is -1.00 e. The summed E-state index contributed by atoms with van der Waals surface area (Å²) < 4.78 is 0. The summed E-state index contributed by atoms with van der Waals surface area (Å²) in [4.78, 5) is 19.3. The Balaban J connectivity index is -0.0000000489. The first-order chi connectivity index (χ1) is 24.6. The van der Waals surface area contributed by atoms with Gasteiger partial charge >= 0.3 is 29.6 Å². The van der Waals surface area contributed by atoms with Crippen LogP contribution in [0.1, 0.15) is 115 Å². The molecule has 0 saturated carbocycles. The van der Waals surface area contributed by atoms with Crippen molar-refractivity contribution in [3.05, 3.63) is 11.5 Å². The third-order valence-electron chi connectivity index (χ3n) is 6.47. The summed E-state index contributed by atoms with van der Waals surface area (Å²) in [5.74, 6) is 3.09. The van der Waals surface area contributed by atoms with Gasteiger partial charge in [0.2, 0.25) is 6.19 Å². The van der Waals surface area contributed by atoms with Crippen LogP contribution in [0.25, 0.3) is 4.95 Å². The van der Waals surface area contributed by atoms with Crippen LogP contribution in [0.3, 0.4) is 0 Å². The number of nitriles is 2. The number of hydrogen-bond acceptors (Lipinski definition) is 10. The van der Waals surface area contributed by atoms with Gasteiger partial charge in [-0.3, -0.25) is 20.3 Å². The van der Waals surface area contributed by atoms with E-state index in [1.165, 1.54) is 19.0 Å². The van der Waals surface area contributed by atoms with Gasteiger partial charge in [0.1, 0.15) is 0 Å². The Hall–Kier alpha value is -1.72.